The summed E-state index contributed by atoms with van der Waals surface area (Å²) in [6, 6.07) is 2.76. The second kappa shape index (κ2) is 14.5. The number of benzene rings is 1. The highest BCUT2D eigenvalue weighted by atomic mass is 35.5. The Hall–Kier alpha value is -3.04. The molecule has 9 atom stereocenters. The molecule has 1 aromatic rings. The van der Waals surface area contributed by atoms with Gasteiger partial charge in [-0.2, -0.15) is 12.6 Å². The standard InChI is InChI=1S/C35H48ClN3O10S/c1-19-10-9-12-35(45-8)34(49-35)18-25(46-32(43)37-34)20(2)30-33(4,48-30)26(47-31(42)21(3)38(5)27(40)11-13-50)17-28(41)39(6)23-15-22(14-19)16-24(44-7)29(23)36/h9,12,15-16,19-21,25-26,30,50H,10-11,13-14,17-18H2,1-8H3,(H,37,43)/b12-9+/t19?,20-,21+,25+,26+,30+,33+,34+,35+/m1/s1. The number of halogens is 1. The number of fused-ring (bicyclic) bond motifs is 4. The molecule has 13 nitrogen and oxygen atoms in total. The van der Waals surface area contributed by atoms with E-state index in [0.29, 0.717) is 30.0 Å². The van der Waals surface area contributed by atoms with Crippen LogP contribution in [0.3, 0.4) is 0 Å². The van der Waals surface area contributed by atoms with Crippen LogP contribution in [0.15, 0.2) is 24.3 Å². The molecule has 4 aliphatic rings. The summed E-state index contributed by atoms with van der Waals surface area (Å²) in [5, 5.41) is 3.08. The van der Waals surface area contributed by atoms with Crippen LogP contribution in [0.1, 0.15) is 58.9 Å². The summed E-state index contributed by atoms with van der Waals surface area (Å²) in [6.45, 7) is 7.29. The van der Waals surface area contributed by atoms with E-state index in [1.54, 1.807) is 20.9 Å². The molecule has 276 valence electrons. The van der Waals surface area contributed by atoms with Crippen molar-refractivity contribution in [2.24, 2.45) is 11.8 Å². The van der Waals surface area contributed by atoms with Crippen molar-refractivity contribution in [1.82, 2.24) is 10.2 Å². The Labute approximate surface area is 303 Å². The molecule has 15 heteroatoms. The lowest BCUT2D eigenvalue weighted by Crippen LogP contribution is -2.54. The summed E-state index contributed by atoms with van der Waals surface area (Å²) in [5.41, 5.74) is -0.954. The number of likely N-dealkylation sites (N-methyl/N-ethyl adjacent to an activating group) is 1. The lowest BCUT2D eigenvalue weighted by atomic mass is 9.84. The van der Waals surface area contributed by atoms with Gasteiger partial charge in [0.1, 0.15) is 34.6 Å². The van der Waals surface area contributed by atoms with Gasteiger partial charge >= 0.3 is 12.1 Å². The van der Waals surface area contributed by atoms with Gasteiger partial charge in [0.05, 0.1) is 25.3 Å². The number of ether oxygens (including phenoxy) is 6. The number of carbonyl (C=O) groups excluding carboxylic acids is 4. The summed E-state index contributed by atoms with van der Waals surface area (Å²) in [7, 11) is 6.16. The fourth-order valence-electron chi connectivity index (χ4n) is 7.06. The topological polar surface area (TPSA) is 149 Å². The van der Waals surface area contributed by atoms with Crippen molar-refractivity contribution in [2.75, 3.05) is 39.0 Å². The van der Waals surface area contributed by atoms with Gasteiger partial charge in [0.25, 0.3) is 0 Å². The van der Waals surface area contributed by atoms with E-state index in [-0.39, 0.29) is 36.1 Å². The molecule has 50 heavy (non-hydrogen) atoms. The van der Waals surface area contributed by atoms with Crippen molar-refractivity contribution in [3.8, 4) is 5.75 Å². The Morgan fingerprint density at radius 1 is 1.22 bits per heavy atom. The van der Waals surface area contributed by atoms with Gasteiger partial charge in [-0.05, 0) is 62.1 Å². The van der Waals surface area contributed by atoms with Crippen LogP contribution in [0.5, 0.6) is 5.75 Å². The van der Waals surface area contributed by atoms with E-state index in [1.165, 1.54) is 31.1 Å². The van der Waals surface area contributed by atoms with Crippen LogP contribution in [-0.2, 0) is 44.5 Å². The SMILES string of the molecule is COc1cc2cc(c1Cl)N(C)C(=O)C[C@H](OC(=O)[C@H](C)N(C)C(=O)CCS)[C@]1(C)O[C@H]1[C@H](C)[C@@H]1C[C@]3(NC(=O)O1)O[C@@]3(OC)/C=C/CC(C)C2. The number of alkyl carbamates (subject to hydrolysis) is 1. The van der Waals surface area contributed by atoms with Crippen molar-refractivity contribution in [3.63, 3.8) is 0 Å². The number of nitrogens with one attached hydrogen (secondary N) is 1. The number of hydrogen-bond donors (Lipinski definition) is 2. The van der Waals surface area contributed by atoms with Crippen molar-refractivity contribution in [2.45, 2.75) is 101 Å². The van der Waals surface area contributed by atoms with Crippen LogP contribution in [0.2, 0.25) is 5.02 Å². The lowest BCUT2D eigenvalue weighted by molar-refractivity contribution is -0.161. The van der Waals surface area contributed by atoms with E-state index < -0.39 is 65.4 Å². The molecule has 1 N–H and O–H groups in total. The first-order valence-corrected chi connectivity index (χ1v) is 17.9. The predicted octanol–water partition coefficient (Wildman–Crippen LogP) is 4.28. The van der Waals surface area contributed by atoms with E-state index >= 15 is 0 Å². The first kappa shape index (κ1) is 38.2. The largest absolute Gasteiger partial charge is 0.495 e. The minimum Gasteiger partial charge on any atom is -0.495 e. The Morgan fingerprint density at radius 3 is 2.60 bits per heavy atom. The van der Waals surface area contributed by atoms with E-state index in [0.717, 1.165) is 5.56 Å². The molecule has 3 amide bonds. The number of hydrogen-bond acceptors (Lipinski definition) is 11. The van der Waals surface area contributed by atoms with Gasteiger partial charge in [-0.1, -0.05) is 31.5 Å². The molecule has 0 radical (unpaired) electrons. The Morgan fingerprint density at radius 2 is 1.94 bits per heavy atom. The molecule has 1 aromatic carbocycles. The Balaban J connectivity index is 1.52. The van der Waals surface area contributed by atoms with Gasteiger partial charge in [-0.3, -0.25) is 14.9 Å². The number of esters is 1. The maximum absolute atomic E-state index is 14.1. The normalized spacial score (nSPS) is 35.0. The number of amides is 3. The van der Waals surface area contributed by atoms with E-state index in [4.69, 9.17) is 40.0 Å². The van der Waals surface area contributed by atoms with Crippen molar-refractivity contribution in [3.05, 3.63) is 34.9 Å². The molecule has 0 aromatic heterocycles. The Kier molecular flexibility index (Phi) is 11.1. The fourth-order valence-corrected chi connectivity index (χ4v) is 7.57. The second-order valence-corrected chi connectivity index (χ2v) is 14.8. The van der Waals surface area contributed by atoms with E-state index in [9.17, 15) is 19.2 Å². The fraction of sp³-hybridized carbons (Fsp3) is 0.657. The van der Waals surface area contributed by atoms with Crippen LogP contribution in [0.4, 0.5) is 10.5 Å². The second-order valence-electron chi connectivity index (χ2n) is 14.0. The molecule has 4 bridgehead atoms. The number of methoxy groups -OCH3 is 2. The van der Waals surface area contributed by atoms with Crippen molar-refractivity contribution in [1.29, 1.82) is 0 Å². The molecule has 0 saturated carbocycles. The smallest absolute Gasteiger partial charge is 0.409 e. The Bertz CT molecular complexity index is 1550. The lowest BCUT2D eigenvalue weighted by Gasteiger charge is -2.33. The third-order valence-electron chi connectivity index (χ3n) is 10.5. The molecule has 0 aliphatic carbocycles. The molecule has 3 saturated heterocycles. The number of carbonyl (C=O) groups is 4. The number of thiol groups is 1. The van der Waals surface area contributed by atoms with Crippen molar-refractivity contribution >= 4 is 53.8 Å². The third-order valence-corrected chi connectivity index (χ3v) is 11.2. The average Bonchev–Trinajstić information content (AvgIpc) is 3.94. The van der Waals surface area contributed by atoms with E-state index in [1.807, 2.05) is 31.2 Å². The summed E-state index contributed by atoms with van der Waals surface area (Å²) in [6.07, 6.45) is 2.27. The maximum atomic E-state index is 14.1. The monoisotopic (exact) mass is 737 g/mol. The molecule has 5 rings (SSSR count). The first-order valence-electron chi connectivity index (χ1n) is 16.8. The molecule has 4 heterocycles. The minimum absolute atomic E-state index is 0.146. The molecular weight excluding hydrogens is 690 g/mol. The van der Waals surface area contributed by atoms with Crippen LogP contribution >= 0.6 is 24.2 Å². The zero-order valence-corrected chi connectivity index (χ0v) is 31.5. The van der Waals surface area contributed by atoms with Crippen molar-refractivity contribution < 1.29 is 47.6 Å². The molecule has 3 fully saturated rings. The highest BCUT2D eigenvalue weighted by Gasteiger charge is 2.75. The van der Waals surface area contributed by atoms with E-state index in [2.05, 4.69) is 24.9 Å². The minimum atomic E-state index is -1.18. The zero-order valence-electron chi connectivity index (χ0n) is 29.8. The van der Waals surface area contributed by atoms with Gasteiger partial charge in [0, 0.05) is 40.0 Å². The summed E-state index contributed by atoms with van der Waals surface area (Å²) < 4.78 is 35.6. The molecular formula is C35H48ClN3O10S. The number of nitrogens with zero attached hydrogens (tertiary/aromatic N) is 2. The van der Waals surface area contributed by atoms with Crippen LogP contribution < -0.4 is 15.0 Å². The first-order chi connectivity index (χ1) is 23.5. The number of anilines is 1. The van der Waals surface area contributed by atoms with Gasteiger partial charge in [-0.25, -0.2) is 9.59 Å². The summed E-state index contributed by atoms with van der Waals surface area (Å²) in [5.74, 6) is -2.07. The summed E-state index contributed by atoms with van der Waals surface area (Å²) >= 11 is 10.9. The number of allylic oxidation sites excluding steroid dienone is 1. The predicted molar refractivity (Wildman–Crippen MR) is 187 cm³/mol. The number of epoxide rings is 2. The molecule has 1 unspecified atom stereocenters. The average molecular weight is 738 g/mol. The highest BCUT2D eigenvalue weighted by molar-refractivity contribution is 7.80. The quantitative estimate of drug-likeness (QED) is 0.180. The molecule has 1 spiro atoms. The number of rotatable bonds is 7. The van der Waals surface area contributed by atoms with Crippen LogP contribution in [0.25, 0.3) is 0 Å². The zero-order chi connectivity index (χ0) is 36.8. The van der Waals surface area contributed by atoms with Gasteiger partial charge in [0.15, 0.2) is 0 Å². The van der Waals surface area contributed by atoms with Gasteiger partial charge < -0.3 is 38.2 Å². The van der Waals surface area contributed by atoms with Crippen LogP contribution in [0, 0.1) is 11.8 Å². The maximum Gasteiger partial charge on any atom is 0.409 e. The van der Waals surface area contributed by atoms with Gasteiger partial charge in [-0.15, -0.1) is 0 Å². The summed E-state index contributed by atoms with van der Waals surface area (Å²) in [4.78, 5) is 55.9. The van der Waals surface area contributed by atoms with Gasteiger partial charge in [0.2, 0.25) is 23.3 Å². The molecule has 4 aliphatic heterocycles. The highest BCUT2D eigenvalue weighted by Crippen LogP contribution is 2.55. The van der Waals surface area contributed by atoms with Crippen LogP contribution in [-0.4, -0.2) is 104 Å². The third kappa shape index (κ3) is 7.19.